The molecule has 1 amide bonds. The molecule has 2 unspecified atom stereocenters. The van der Waals surface area contributed by atoms with E-state index in [1.807, 2.05) is 12.1 Å². The molecule has 6 nitrogen and oxygen atoms in total. The van der Waals surface area contributed by atoms with E-state index in [1.165, 1.54) is 40.7 Å². The lowest BCUT2D eigenvalue weighted by molar-refractivity contribution is -0.121. The Balaban J connectivity index is 1.26. The van der Waals surface area contributed by atoms with Gasteiger partial charge < -0.3 is 20.5 Å². The highest BCUT2D eigenvalue weighted by molar-refractivity contribution is 5.93. The summed E-state index contributed by atoms with van der Waals surface area (Å²) >= 11 is 0. The van der Waals surface area contributed by atoms with Crippen LogP contribution >= 0.6 is 0 Å². The monoisotopic (exact) mass is 557 g/mol. The van der Waals surface area contributed by atoms with Crippen molar-refractivity contribution in [2.24, 2.45) is 17.6 Å². The summed E-state index contributed by atoms with van der Waals surface area (Å²) in [6.45, 7) is 5.92. The molecule has 0 saturated carbocycles. The molecular weight excluding hydrogens is 510 g/mol. The first-order valence-corrected chi connectivity index (χ1v) is 15.3. The zero-order valence-electron chi connectivity index (χ0n) is 25.0. The van der Waals surface area contributed by atoms with Gasteiger partial charge in [-0.1, -0.05) is 56.3 Å². The normalized spacial score (nSPS) is 14.7. The van der Waals surface area contributed by atoms with Gasteiger partial charge in [-0.15, -0.1) is 0 Å². The summed E-state index contributed by atoms with van der Waals surface area (Å²) in [6, 6.07) is 16.8. The molecule has 1 aliphatic carbocycles. The lowest BCUT2D eigenvalue weighted by Gasteiger charge is -2.24. The summed E-state index contributed by atoms with van der Waals surface area (Å²) in [6.07, 6.45) is 12.8. The molecule has 1 heterocycles. The largest absolute Gasteiger partial charge is 0.494 e. The first-order chi connectivity index (χ1) is 19.9. The van der Waals surface area contributed by atoms with Crippen molar-refractivity contribution >= 4 is 22.5 Å². The van der Waals surface area contributed by atoms with Gasteiger partial charge in [-0.25, -0.2) is 0 Å². The third-order valence-electron chi connectivity index (χ3n) is 7.92. The van der Waals surface area contributed by atoms with Crippen LogP contribution < -0.4 is 15.8 Å². The van der Waals surface area contributed by atoms with Crippen LogP contribution in [0.1, 0.15) is 69.2 Å². The number of carbonyl (C=O) groups excluding carboxylic acids is 1. The molecule has 0 spiro atoms. The number of hydrogen-bond donors (Lipinski definition) is 2. The van der Waals surface area contributed by atoms with Gasteiger partial charge in [0, 0.05) is 30.4 Å². The maximum Gasteiger partial charge on any atom is 0.220 e. The number of fused-ring (bicyclic) bond motifs is 2. The van der Waals surface area contributed by atoms with Crippen LogP contribution in [-0.2, 0) is 28.8 Å². The summed E-state index contributed by atoms with van der Waals surface area (Å²) in [5.41, 5.74) is 11.7. The van der Waals surface area contributed by atoms with E-state index in [9.17, 15) is 4.79 Å². The Morgan fingerprint density at radius 3 is 2.61 bits per heavy atom. The molecule has 6 heteroatoms. The van der Waals surface area contributed by atoms with Crippen molar-refractivity contribution in [2.75, 3.05) is 25.6 Å². The fourth-order valence-electron chi connectivity index (χ4n) is 5.76. The Kier molecular flexibility index (Phi) is 11.6. The molecule has 220 valence electrons. The number of carbonyl (C=O) groups is 1. The van der Waals surface area contributed by atoms with Crippen LogP contribution in [-0.4, -0.2) is 37.3 Å². The molecule has 2 atom stereocenters. The maximum atomic E-state index is 11.6. The summed E-state index contributed by atoms with van der Waals surface area (Å²) in [5, 5.41) is 4.98. The summed E-state index contributed by atoms with van der Waals surface area (Å²) in [4.78, 5) is 16.5. The first-order valence-electron chi connectivity index (χ1n) is 15.3. The number of amides is 1. The van der Waals surface area contributed by atoms with Crippen LogP contribution in [0.2, 0.25) is 0 Å². The van der Waals surface area contributed by atoms with Crippen LogP contribution in [0, 0.1) is 11.8 Å². The number of benzene rings is 2. The molecular formula is C35H47N3O3. The number of anilines is 1. The van der Waals surface area contributed by atoms with Gasteiger partial charge in [0.05, 0.1) is 24.6 Å². The third kappa shape index (κ3) is 9.06. The second kappa shape index (κ2) is 15.6. The smallest absolute Gasteiger partial charge is 0.220 e. The lowest BCUT2D eigenvalue weighted by Crippen LogP contribution is -2.30. The van der Waals surface area contributed by atoms with Gasteiger partial charge in [0.2, 0.25) is 5.91 Å². The molecule has 1 aromatic heterocycles. The summed E-state index contributed by atoms with van der Waals surface area (Å²) in [5.74, 6) is 1.21. The number of methoxy groups -OCH3 is 1. The van der Waals surface area contributed by atoms with E-state index in [1.54, 1.807) is 7.11 Å². The minimum absolute atomic E-state index is 0.171. The van der Waals surface area contributed by atoms with E-state index in [0.717, 1.165) is 56.3 Å². The van der Waals surface area contributed by atoms with E-state index in [-0.39, 0.29) is 24.3 Å². The number of rotatable bonds is 16. The predicted octanol–water partition coefficient (Wildman–Crippen LogP) is 7.04. The molecule has 4 rings (SSSR count). The van der Waals surface area contributed by atoms with Gasteiger partial charge >= 0.3 is 0 Å². The first kappa shape index (κ1) is 30.6. The highest BCUT2D eigenvalue weighted by Gasteiger charge is 2.23. The minimum atomic E-state index is -0.331. The highest BCUT2D eigenvalue weighted by atomic mass is 16.5. The van der Waals surface area contributed by atoms with Crippen molar-refractivity contribution < 1.29 is 14.3 Å². The quantitative estimate of drug-likeness (QED) is 0.146. The molecule has 1 aliphatic rings. The van der Waals surface area contributed by atoms with Crippen LogP contribution in [0.4, 0.5) is 5.69 Å². The lowest BCUT2D eigenvalue weighted by atomic mass is 9.88. The fourth-order valence-corrected chi connectivity index (χ4v) is 5.76. The van der Waals surface area contributed by atoms with Crippen LogP contribution in [0.3, 0.4) is 0 Å². The van der Waals surface area contributed by atoms with Crippen molar-refractivity contribution in [3.8, 4) is 5.75 Å². The van der Waals surface area contributed by atoms with Crippen LogP contribution in [0.5, 0.6) is 5.75 Å². The van der Waals surface area contributed by atoms with Crippen molar-refractivity contribution in [3.63, 3.8) is 0 Å². The number of aromatic nitrogens is 1. The van der Waals surface area contributed by atoms with E-state index in [4.69, 9.17) is 20.2 Å². The number of primary amides is 1. The molecule has 3 N–H and O–H groups in total. The Hall–Kier alpha value is -3.38. The van der Waals surface area contributed by atoms with E-state index >= 15 is 0 Å². The van der Waals surface area contributed by atoms with Crippen molar-refractivity contribution in [2.45, 2.75) is 77.7 Å². The Bertz CT molecular complexity index is 1290. The predicted molar refractivity (Wildman–Crippen MR) is 168 cm³/mol. The number of allylic oxidation sites excluding steroid dienone is 2. The molecule has 2 aromatic carbocycles. The molecule has 0 fully saturated rings. The zero-order valence-corrected chi connectivity index (χ0v) is 25.0. The van der Waals surface area contributed by atoms with Crippen LogP contribution in [0.15, 0.2) is 60.7 Å². The number of aryl methyl sites for hydroxylation is 1. The molecule has 0 bridgehead atoms. The average molecular weight is 558 g/mol. The second-order valence-electron chi connectivity index (χ2n) is 11.6. The van der Waals surface area contributed by atoms with Gasteiger partial charge in [-0.3, -0.25) is 9.78 Å². The van der Waals surface area contributed by atoms with Crippen molar-refractivity contribution in [3.05, 3.63) is 77.5 Å². The number of pyridine rings is 1. The number of unbranched alkanes of at least 4 members (excludes halogenated alkanes) is 1. The number of nitrogens with two attached hydrogens (primary N) is 1. The number of nitrogens with zero attached hydrogens (tertiary/aromatic N) is 1. The molecule has 0 radical (unpaired) electrons. The maximum absolute atomic E-state index is 11.6. The third-order valence-corrected chi connectivity index (χ3v) is 7.92. The van der Waals surface area contributed by atoms with Gasteiger partial charge in [0.25, 0.3) is 0 Å². The van der Waals surface area contributed by atoms with E-state index in [0.29, 0.717) is 12.5 Å². The van der Waals surface area contributed by atoms with Crippen LogP contribution in [0.25, 0.3) is 10.9 Å². The average Bonchev–Trinajstić information content (AvgIpc) is 2.97. The highest BCUT2D eigenvalue weighted by Crippen LogP contribution is 2.33. The summed E-state index contributed by atoms with van der Waals surface area (Å²) < 4.78 is 11.7. The van der Waals surface area contributed by atoms with Crippen molar-refractivity contribution in [1.82, 2.24) is 4.98 Å². The Morgan fingerprint density at radius 2 is 1.85 bits per heavy atom. The molecule has 0 aliphatic heterocycles. The Labute approximate surface area is 245 Å². The number of para-hydroxylation sites is 1. The van der Waals surface area contributed by atoms with Gasteiger partial charge in [-0.05, 0) is 92.5 Å². The molecule has 0 saturated heterocycles. The summed E-state index contributed by atoms with van der Waals surface area (Å²) in [7, 11) is 1.66. The fraction of sp³-hybridized carbons (Fsp3) is 0.486. The van der Waals surface area contributed by atoms with Crippen molar-refractivity contribution in [1.29, 1.82) is 0 Å². The minimum Gasteiger partial charge on any atom is -0.494 e. The molecule has 41 heavy (non-hydrogen) atoms. The standard InChI is InChI=1S/C35H47N3O3/c1-25(2)11-10-12-27(33(40-3)24-34(36)39)23-26-17-19-28(20-18-26)41-22-9-8-21-37-35-29-13-4-6-15-31(29)38-32-16-7-5-14-30(32)35/h4,6,10-11,13,15,17-20,25,27,33H,5,7-9,12,14,16,21-24H2,1-3H3,(H2,36,39)(H,37,38). The van der Waals surface area contributed by atoms with Gasteiger partial charge in [0.1, 0.15) is 5.75 Å². The second-order valence-corrected chi connectivity index (χ2v) is 11.6. The number of hydrogen-bond acceptors (Lipinski definition) is 5. The molecule has 3 aromatic rings. The SMILES string of the molecule is COC(CC(N)=O)C(CC=CC(C)C)Cc1ccc(OCCCCNc2c3c(nc4ccccc24)CCCC3)cc1. The number of nitrogens with one attached hydrogen (secondary N) is 1. The van der Waals surface area contributed by atoms with Gasteiger partial charge in [0.15, 0.2) is 0 Å². The Morgan fingerprint density at radius 1 is 1.07 bits per heavy atom. The number of ether oxygens (including phenoxy) is 2. The van der Waals surface area contributed by atoms with E-state index in [2.05, 4.69) is 67.7 Å². The zero-order chi connectivity index (χ0) is 29.0. The van der Waals surface area contributed by atoms with Gasteiger partial charge in [-0.2, -0.15) is 0 Å². The van der Waals surface area contributed by atoms with E-state index < -0.39 is 0 Å². The topological polar surface area (TPSA) is 86.5 Å².